The van der Waals surface area contributed by atoms with Gasteiger partial charge < -0.3 is 20.3 Å². The first-order chi connectivity index (χ1) is 15.1. The zero-order valence-electron chi connectivity index (χ0n) is 18.1. The van der Waals surface area contributed by atoms with Gasteiger partial charge in [0.15, 0.2) is 0 Å². The molecule has 0 spiro atoms. The number of carbonyl (C=O) groups excluding carboxylic acids is 1. The Hall–Kier alpha value is -3.61. The van der Waals surface area contributed by atoms with Crippen molar-refractivity contribution in [2.75, 3.05) is 44.5 Å². The maximum atomic E-state index is 11.8. The molecule has 2 N–H and O–H groups in total. The molecule has 160 valence electrons. The van der Waals surface area contributed by atoms with Gasteiger partial charge in [0.05, 0.1) is 12.8 Å². The van der Waals surface area contributed by atoms with E-state index < -0.39 is 0 Å². The fourth-order valence-corrected chi connectivity index (χ4v) is 3.90. The van der Waals surface area contributed by atoms with Gasteiger partial charge in [-0.05, 0) is 48.2 Å². The van der Waals surface area contributed by atoms with Gasteiger partial charge in [0.1, 0.15) is 17.9 Å². The summed E-state index contributed by atoms with van der Waals surface area (Å²) in [5.74, 6) is 1.35. The van der Waals surface area contributed by atoms with E-state index in [0.29, 0.717) is 17.9 Å². The second-order valence-corrected chi connectivity index (χ2v) is 7.59. The number of nitrogens with one attached hydrogen (secondary N) is 2. The van der Waals surface area contributed by atoms with Crippen molar-refractivity contribution in [3.63, 3.8) is 0 Å². The topological polar surface area (TPSA) is 79.4 Å². The van der Waals surface area contributed by atoms with Crippen molar-refractivity contribution < 1.29 is 9.53 Å². The molecule has 1 aliphatic rings. The number of carbonyl (C=O) groups is 1. The van der Waals surface area contributed by atoms with Crippen molar-refractivity contribution >= 4 is 17.4 Å². The second kappa shape index (κ2) is 9.04. The highest BCUT2D eigenvalue weighted by Gasteiger charge is 2.16. The maximum Gasteiger partial charge on any atom is 0.251 e. The molecule has 0 saturated heterocycles. The molecule has 0 bridgehead atoms. The van der Waals surface area contributed by atoms with E-state index in [9.17, 15) is 4.79 Å². The number of rotatable bonds is 7. The van der Waals surface area contributed by atoms with Gasteiger partial charge in [-0.15, -0.1) is 0 Å². The molecule has 0 saturated carbocycles. The van der Waals surface area contributed by atoms with Gasteiger partial charge in [0.25, 0.3) is 5.91 Å². The third kappa shape index (κ3) is 4.45. The molecule has 1 amide bonds. The number of benzene rings is 2. The first kappa shape index (κ1) is 20.7. The lowest BCUT2D eigenvalue weighted by molar-refractivity contribution is 0.0962. The van der Waals surface area contributed by atoms with Crippen molar-refractivity contribution in [1.82, 2.24) is 15.3 Å². The Morgan fingerprint density at radius 3 is 2.84 bits per heavy atom. The van der Waals surface area contributed by atoms with Gasteiger partial charge in [0, 0.05) is 50.1 Å². The third-order valence-electron chi connectivity index (χ3n) is 5.65. The van der Waals surface area contributed by atoms with Gasteiger partial charge >= 0.3 is 0 Å². The molecule has 3 aromatic rings. The third-order valence-corrected chi connectivity index (χ3v) is 5.65. The number of aromatic nitrogens is 2. The van der Waals surface area contributed by atoms with Gasteiger partial charge in [-0.25, -0.2) is 9.97 Å². The van der Waals surface area contributed by atoms with Crippen molar-refractivity contribution in [3.8, 4) is 17.0 Å². The molecule has 0 aliphatic carbocycles. The van der Waals surface area contributed by atoms with Crippen molar-refractivity contribution in [2.24, 2.45) is 0 Å². The van der Waals surface area contributed by atoms with E-state index >= 15 is 0 Å². The standard InChI is InChI=1S/C24H27N5O2/c1-25-24(30)19-5-4-16(22(13-19)31-3)8-10-26-23-14-20(27-15-28-23)17-6-7-21-18(12-17)9-11-29(21)2/h4-7,12-15H,8-11H2,1-3H3,(H,25,30)(H,26,27,28). The van der Waals surface area contributed by atoms with E-state index in [-0.39, 0.29) is 5.91 Å². The number of anilines is 2. The average molecular weight is 418 g/mol. The summed E-state index contributed by atoms with van der Waals surface area (Å²) in [6.07, 6.45) is 3.40. The summed E-state index contributed by atoms with van der Waals surface area (Å²) in [7, 11) is 5.36. The molecule has 31 heavy (non-hydrogen) atoms. The molecule has 0 atom stereocenters. The lowest BCUT2D eigenvalue weighted by atomic mass is 10.1. The monoisotopic (exact) mass is 417 g/mol. The molecular formula is C24H27N5O2. The molecule has 0 radical (unpaired) electrons. The van der Waals surface area contributed by atoms with Crippen LogP contribution in [-0.4, -0.2) is 50.2 Å². The first-order valence-corrected chi connectivity index (χ1v) is 10.4. The normalized spacial score (nSPS) is 12.4. The average Bonchev–Trinajstić information content (AvgIpc) is 3.19. The first-order valence-electron chi connectivity index (χ1n) is 10.4. The fourth-order valence-electron chi connectivity index (χ4n) is 3.90. The summed E-state index contributed by atoms with van der Waals surface area (Å²) in [4.78, 5) is 22.9. The highest BCUT2D eigenvalue weighted by molar-refractivity contribution is 5.94. The summed E-state index contributed by atoms with van der Waals surface area (Å²) in [6, 6.07) is 14.0. The maximum absolute atomic E-state index is 11.8. The van der Waals surface area contributed by atoms with E-state index in [0.717, 1.165) is 42.0 Å². The molecule has 4 rings (SSSR count). The predicted molar refractivity (Wildman–Crippen MR) is 123 cm³/mol. The fraction of sp³-hybridized carbons (Fsp3) is 0.292. The Morgan fingerprint density at radius 2 is 2.03 bits per heavy atom. The van der Waals surface area contributed by atoms with Crippen LogP contribution in [0.2, 0.25) is 0 Å². The summed E-state index contributed by atoms with van der Waals surface area (Å²) in [6.45, 7) is 1.74. The summed E-state index contributed by atoms with van der Waals surface area (Å²) >= 11 is 0. The van der Waals surface area contributed by atoms with Crippen LogP contribution in [0.5, 0.6) is 5.75 Å². The number of nitrogens with zero attached hydrogens (tertiary/aromatic N) is 3. The van der Waals surface area contributed by atoms with Crippen molar-refractivity contribution in [2.45, 2.75) is 12.8 Å². The van der Waals surface area contributed by atoms with E-state index in [1.54, 1.807) is 26.6 Å². The Kier molecular flexibility index (Phi) is 6.02. The van der Waals surface area contributed by atoms with Crippen LogP contribution in [0.25, 0.3) is 11.3 Å². The van der Waals surface area contributed by atoms with Crippen LogP contribution in [0.1, 0.15) is 21.5 Å². The molecule has 0 unspecified atom stereocenters. The molecule has 0 fully saturated rings. The minimum atomic E-state index is -0.130. The lowest BCUT2D eigenvalue weighted by Gasteiger charge is -2.13. The summed E-state index contributed by atoms with van der Waals surface area (Å²) in [5.41, 5.74) is 6.28. The highest BCUT2D eigenvalue weighted by atomic mass is 16.5. The number of amides is 1. The molecule has 1 aromatic heterocycles. The Balaban J connectivity index is 1.43. The van der Waals surface area contributed by atoms with Gasteiger partial charge in [-0.1, -0.05) is 12.1 Å². The van der Waals surface area contributed by atoms with Crippen molar-refractivity contribution in [3.05, 3.63) is 65.5 Å². The van der Waals surface area contributed by atoms with Gasteiger partial charge in [0.2, 0.25) is 0 Å². The van der Waals surface area contributed by atoms with Crippen LogP contribution in [0.4, 0.5) is 11.5 Å². The van der Waals surface area contributed by atoms with Gasteiger partial charge in [-0.3, -0.25) is 4.79 Å². The van der Waals surface area contributed by atoms with E-state index in [1.807, 2.05) is 18.2 Å². The minimum absolute atomic E-state index is 0.130. The SMILES string of the molecule is CNC(=O)c1ccc(CCNc2cc(-c3ccc4c(c3)CCN4C)ncn2)c(OC)c1. The molecule has 1 aliphatic heterocycles. The summed E-state index contributed by atoms with van der Waals surface area (Å²) in [5, 5.41) is 6.00. The number of hydrogen-bond acceptors (Lipinski definition) is 6. The van der Waals surface area contributed by atoms with E-state index in [1.165, 1.54) is 11.3 Å². The Bertz CT molecular complexity index is 1100. The number of hydrogen-bond donors (Lipinski definition) is 2. The largest absolute Gasteiger partial charge is 0.496 e. The second-order valence-electron chi connectivity index (χ2n) is 7.59. The van der Waals surface area contributed by atoms with Crippen LogP contribution in [0.3, 0.4) is 0 Å². The van der Waals surface area contributed by atoms with Crippen LogP contribution in [0, 0.1) is 0 Å². The zero-order chi connectivity index (χ0) is 21.8. The number of fused-ring (bicyclic) bond motifs is 1. The number of likely N-dealkylation sites (N-methyl/N-ethyl adjacent to an activating group) is 1. The highest BCUT2D eigenvalue weighted by Crippen LogP contribution is 2.31. The minimum Gasteiger partial charge on any atom is -0.496 e. The Labute approximate surface area is 182 Å². The lowest BCUT2D eigenvalue weighted by Crippen LogP contribution is -2.18. The van der Waals surface area contributed by atoms with Crippen molar-refractivity contribution in [1.29, 1.82) is 0 Å². The smallest absolute Gasteiger partial charge is 0.251 e. The van der Waals surface area contributed by atoms with E-state index in [4.69, 9.17) is 4.74 Å². The van der Waals surface area contributed by atoms with Gasteiger partial charge in [-0.2, -0.15) is 0 Å². The Morgan fingerprint density at radius 1 is 1.16 bits per heavy atom. The molecule has 7 nitrogen and oxygen atoms in total. The van der Waals surface area contributed by atoms with Crippen LogP contribution in [-0.2, 0) is 12.8 Å². The number of methoxy groups -OCH3 is 1. The predicted octanol–water partition coefficient (Wildman–Crippen LogP) is 3.16. The molecule has 7 heteroatoms. The molecule has 2 heterocycles. The van der Waals surface area contributed by atoms with Crippen LogP contribution in [0.15, 0.2) is 48.8 Å². The quantitative estimate of drug-likeness (QED) is 0.615. The van der Waals surface area contributed by atoms with Crippen LogP contribution >= 0.6 is 0 Å². The van der Waals surface area contributed by atoms with E-state index in [2.05, 4.69) is 50.7 Å². The zero-order valence-corrected chi connectivity index (χ0v) is 18.1. The number of ether oxygens (including phenoxy) is 1. The molecular weight excluding hydrogens is 390 g/mol. The molecule has 2 aromatic carbocycles. The van der Waals surface area contributed by atoms with Crippen LogP contribution < -0.4 is 20.3 Å². The summed E-state index contributed by atoms with van der Waals surface area (Å²) < 4.78 is 5.47.